The molecule has 0 atom stereocenters. The SMILES string of the molecule is CN1C=C(c2cccc(C#N)c2)NC1. The Labute approximate surface area is 83.3 Å². The molecule has 1 heterocycles. The van der Waals surface area contributed by atoms with Crippen LogP contribution in [0.5, 0.6) is 0 Å². The summed E-state index contributed by atoms with van der Waals surface area (Å²) < 4.78 is 0. The molecule has 1 N–H and O–H groups in total. The summed E-state index contributed by atoms with van der Waals surface area (Å²) in [4.78, 5) is 2.06. The first-order chi connectivity index (χ1) is 6.79. The molecule has 0 unspecified atom stereocenters. The number of nitriles is 1. The van der Waals surface area contributed by atoms with Gasteiger partial charge in [0.25, 0.3) is 0 Å². The second-order valence-electron chi connectivity index (χ2n) is 3.33. The van der Waals surface area contributed by atoms with Crippen LogP contribution >= 0.6 is 0 Å². The fourth-order valence-corrected chi connectivity index (χ4v) is 1.45. The van der Waals surface area contributed by atoms with Crippen molar-refractivity contribution in [1.82, 2.24) is 10.2 Å². The van der Waals surface area contributed by atoms with Gasteiger partial charge in [0, 0.05) is 18.8 Å². The molecule has 1 aromatic carbocycles. The highest BCUT2D eigenvalue weighted by atomic mass is 15.2. The lowest BCUT2D eigenvalue weighted by Gasteiger charge is -2.03. The van der Waals surface area contributed by atoms with Crippen molar-refractivity contribution in [2.24, 2.45) is 0 Å². The van der Waals surface area contributed by atoms with Crippen molar-refractivity contribution in [3.8, 4) is 6.07 Å². The Morgan fingerprint density at radius 3 is 3.00 bits per heavy atom. The molecule has 0 aromatic heterocycles. The van der Waals surface area contributed by atoms with Gasteiger partial charge in [0.15, 0.2) is 0 Å². The molecule has 3 nitrogen and oxygen atoms in total. The maximum atomic E-state index is 8.76. The topological polar surface area (TPSA) is 39.1 Å². The van der Waals surface area contributed by atoms with E-state index in [1.165, 1.54) is 0 Å². The number of rotatable bonds is 1. The summed E-state index contributed by atoms with van der Waals surface area (Å²) in [5.74, 6) is 0. The Bertz CT molecular complexity index is 415. The molecule has 0 radical (unpaired) electrons. The zero-order chi connectivity index (χ0) is 9.97. The van der Waals surface area contributed by atoms with Crippen LogP contribution in [0.25, 0.3) is 5.70 Å². The minimum Gasteiger partial charge on any atom is -0.366 e. The average Bonchev–Trinajstić information content (AvgIpc) is 2.65. The minimum atomic E-state index is 0.694. The van der Waals surface area contributed by atoms with Gasteiger partial charge < -0.3 is 10.2 Å². The van der Waals surface area contributed by atoms with Gasteiger partial charge >= 0.3 is 0 Å². The van der Waals surface area contributed by atoms with E-state index in [2.05, 4.69) is 16.3 Å². The number of hydrogen-bond donors (Lipinski definition) is 1. The molecule has 0 spiro atoms. The minimum absolute atomic E-state index is 0.694. The second-order valence-corrected chi connectivity index (χ2v) is 3.33. The molecule has 0 bridgehead atoms. The van der Waals surface area contributed by atoms with Crippen molar-refractivity contribution in [1.29, 1.82) is 5.26 Å². The lowest BCUT2D eigenvalue weighted by molar-refractivity contribution is 0.475. The third-order valence-corrected chi connectivity index (χ3v) is 2.17. The van der Waals surface area contributed by atoms with Gasteiger partial charge in [-0.1, -0.05) is 12.1 Å². The maximum absolute atomic E-state index is 8.76. The molecule has 0 saturated heterocycles. The normalized spacial score (nSPS) is 14.6. The van der Waals surface area contributed by atoms with Crippen LogP contribution in [0, 0.1) is 11.3 Å². The maximum Gasteiger partial charge on any atom is 0.0991 e. The quantitative estimate of drug-likeness (QED) is 0.717. The van der Waals surface area contributed by atoms with E-state index in [9.17, 15) is 0 Å². The van der Waals surface area contributed by atoms with E-state index in [0.717, 1.165) is 17.9 Å². The van der Waals surface area contributed by atoms with Crippen LogP contribution in [0.2, 0.25) is 0 Å². The molecule has 2 rings (SSSR count). The van der Waals surface area contributed by atoms with Gasteiger partial charge in [-0.25, -0.2) is 0 Å². The molecule has 0 aliphatic carbocycles. The van der Waals surface area contributed by atoms with E-state index >= 15 is 0 Å². The van der Waals surface area contributed by atoms with Crippen LogP contribution in [-0.4, -0.2) is 18.6 Å². The zero-order valence-corrected chi connectivity index (χ0v) is 7.99. The first-order valence-electron chi connectivity index (χ1n) is 4.46. The lowest BCUT2D eigenvalue weighted by Crippen LogP contribution is -2.16. The van der Waals surface area contributed by atoms with Gasteiger partial charge in [-0.05, 0) is 12.1 Å². The highest BCUT2D eigenvalue weighted by molar-refractivity contribution is 5.66. The van der Waals surface area contributed by atoms with Crippen LogP contribution in [0.3, 0.4) is 0 Å². The summed E-state index contributed by atoms with van der Waals surface area (Å²) in [6.07, 6.45) is 2.04. The summed E-state index contributed by atoms with van der Waals surface area (Å²) in [6.45, 7) is 0.826. The highest BCUT2D eigenvalue weighted by Gasteiger charge is 2.09. The molecular formula is C11H11N3. The molecule has 0 saturated carbocycles. The number of hydrogen-bond acceptors (Lipinski definition) is 3. The Morgan fingerprint density at radius 2 is 2.36 bits per heavy atom. The molecule has 70 valence electrons. The van der Waals surface area contributed by atoms with Gasteiger partial charge in [-0.2, -0.15) is 5.26 Å². The average molecular weight is 185 g/mol. The highest BCUT2D eigenvalue weighted by Crippen LogP contribution is 2.16. The zero-order valence-electron chi connectivity index (χ0n) is 7.99. The first kappa shape index (κ1) is 8.64. The number of nitrogens with zero attached hydrogens (tertiary/aromatic N) is 2. The van der Waals surface area contributed by atoms with E-state index in [0.29, 0.717) is 5.56 Å². The van der Waals surface area contributed by atoms with E-state index in [1.807, 2.05) is 37.5 Å². The van der Waals surface area contributed by atoms with Crippen LogP contribution in [0.4, 0.5) is 0 Å². The molecule has 1 aliphatic rings. The fourth-order valence-electron chi connectivity index (χ4n) is 1.45. The Balaban J connectivity index is 2.34. The molecule has 3 heteroatoms. The van der Waals surface area contributed by atoms with Crippen molar-refractivity contribution in [3.05, 3.63) is 41.6 Å². The van der Waals surface area contributed by atoms with Crippen molar-refractivity contribution >= 4 is 5.70 Å². The lowest BCUT2D eigenvalue weighted by atomic mass is 10.1. The summed E-state index contributed by atoms with van der Waals surface area (Å²) in [6, 6.07) is 9.72. The van der Waals surface area contributed by atoms with Crippen molar-refractivity contribution < 1.29 is 0 Å². The van der Waals surface area contributed by atoms with Gasteiger partial charge in [0.1, 0.15) is 0 Å². The molecule has 1 aromatic rings. The standard InChI is InChI=1S/C11H11N3/c1-14-7-11(13-8-14)10-4-2-3-9(5-10)6-12/h2-5,7,13H,8H2,1H3. The second kappa shape index (κ2) is 3.43. The predicted molar refractivity (Wildman–Crippen MR) is 54.9 cm³/mol. The Hall–Kier alpha value is -1.95. The number of nitrogens with one attached hydrogen (secondary N) is 1. The molecular weight excluding hydrogens is 174 g/mol. The van der Waals surface area contributed by atoms with E-state index in [1.54, 1.807) is 0 Å². The Morgan fingerprint density at radius 1 is 1.50 bits per heavy atom. The largest absolute Gasteiger partial charge is 0.366 e. The smallest absolute Gasteiger partial charge is 0.0991 e. The van der Waals surface area contributed by atoms with Crippen molar-refractivity contribution in [2.75, 3.05) is 13.7 Å². The fraction of sp³-hybridized carbons (Fsp3) is 0.182. The van der Waals surface area contributed by atoms with Crippen LogP contribution in [0.15, 0.2) is 30.5 Å². The molecule has 0 amide bonds. The van der Waals surface area contributed by atoms with Crippen LogP contribution < -0.4 is 5.32 Å². The number of benzene rings is 1. The third kappa shape index (κ3) is 1.55. The van der Waals surface area contributed by atoms with E-state index < -0.39 is 0 Å². The predicted octanol–water partition coefficient (Wildman–Crippen LogP) is 1.35. The summed E-state index contributed by atoms with van der Waals surface area (Å²) in [7, 11) is 2.01. The van der Waals surface area contributed by atoms with Gasteiger partial charge in [-0.15, -0.1) is 0 Å². The van der Waals surface area contributed by atoms with Gasteiger partial charge in [0.05, 0.1) is 24.0 Å². The molecule has 0 fully saturated rings. The van der Waals surface area contributed by atoms with Gasteiger partial charge in [-0.3, -0.25) is 0 Å². The summed E-state index contributed by atoms with van der Waals surface area (Å²) in [5.41, 5.74) is 2.83. The molecule has 14 heavy (non-hydrogen) atoms. The summed E-state index contributed by atoms with van der Waals surface area (Å²) in [5, 5.41) is 12.0. The van der Waals surface area contributed by atoms with E-state index in [-0.39, 0.29) is 0 Å². The first-order valence-corrected chi connectivity index (χ1v) is 4.46. The van der Waals surface area contributed by atoms with Crippen LogP contribution in [0.1, 0.15) is 11.1 Å². The summed E-state index contributed by atoms with van der Waals surface area (Å²) >= 11 is 0. The third-order valence-electron chi connectivity index (χ3n) is 2.17. The molecule has 1 aliphatic heterocycles. The van der Waals surface area contributed by atoms with Gasteiger partial charge in [0.2, 0.25) is 0 Å². The van der Waals surface area contributed by atoms with Crippen molar-refractivity contribution in [3.63, 3.8) is 0 Å². The Kier molecular flexibility index (Phi) is 2.11. The monoisotopic (exact) mass is 185 g/mol. The van der Waals surface area contributed by atoms with E-state index in [4.69, 9.17) is 5.26 Å². The van der Waals surface area contributed by atoms with Crippen LogP contribution in [-0.2, 0) is 0 Å². The van der Waals surface area contributed by atoms with Crippen molar-refractivity contribution in [2.45, 2.75) is 0 Å².